The summed E-state index contributed by atoms with van der Waals surface area (Å²) in [6, 6.07) is 28.2. The average molecular weight is 357 g/mol. The van der Waals surface area contributed by atoms with Crippen LogP contribution in [-0.2, 0) is 23.2 Å². The van der Waals surface area contributed by atoms with Gasteiger partial charge in [-0.25, -0.2) is 0 Å². The van der Waals surface area contributed by atoms with Crippen molar-refractivity contribution in [2.45, 2.75) is 24.9 Å². The Morgan fingerprint density at radius 2 is 1.56 bits per heavy atom. The van der Waals surface area contributed by atoms with E-state index in [4.69, 9.17) is 10.5 Å². The predicted octanol–water partition coefficient (Wildman–Crippen LogP) is 4.25. The highest BCUT2D eigenvalue weighted by Crippen LogP contribution is 2.46. The molecule has 0 saturated heterocycles. The molecule has 3 aromatic rings. The van der Waals surface area contributed by atoms with Gasteiger partial charge in [0.05, 0.1) is 5.92 Å². The van der Waals surface area contributed by atoms with Crippen LogP contribution >= 0.6 is 0 Å². The molecule has 27 heavy (non-hydrogen) atoms. The normalized spacial score (nSPS) is 21.1. The molecule has 136 valence electrons. The Kier molecular flexibility index (Phi) is 4.68. The number of ether oxygens (including phenoxy) is 1. The lowest BCUT2D eigenvalue weighted by Gasteiger charge is -2.44. The Morgan fingerprint density at radius 3 is 2.26 bits per heavy atom. The minimum absolute atomic E-state index is 0.318. The fourth-order valence-electron chi connectivity index (χ4n) is 4.08. The number of carbonyl (C=O) groups excluding carboxylic acids is 1. The van der Waals surface area contributed by atoms with Gasteiger partial charge in [-0.2, -0.15) is 0 Å². The van der Waals surface area contributed by atoms with Gasteiger partial charge >= 0.3 is 0 Å². The summed E-state index contributed by atoms with van der Waals surface area (Å²) in [6.45, 7) is 0. The molecule has 2 unspecified atom stereocenters. The third kappa shape index (κ3) is 3.33. The zero-order valence-electron chi connectivity index (χ0n) is 15.2. The number of aryl methyl sites for hydroxylation is 1. The molecule has 3 nitrogen and oxygen atoms in total. The van der Waals surface area contributed by atoms with Gasteiger partial charge in [0.25, 0.3) is 0 Å². The first-order chi connectivity index (χ1) is 13.2. The van der Waals surface area contributed by atoms with Crippen molar-refractivity contribution in [3.05, 3.63) is 102 Å². The second-order valence-corrected chi connectivity index (χ2v) is 7.11. The molecule has 0 radical (unpaired) electrons. The van der Waals surface area contributed by atoms with Crippen molar-refractivity contribution in [1.29, 1.82) is 0 Å². The highest BCUT2D eigenvalue weighted by Gasteiger charge is 2.48. The van der Waals surface area contributed by atoms with E-state index < -0.39 is 11.5 Å². The average Bonchev–Trinajstić information content (AvgIpc) is 2.73. The van der Waals surface area contributed by atoms with Gasteiger partial charge in [-0.05, 0) is 42.0 Å². The molecule has 1 amide bonds. The molecule has 0 saturated carbocycles. The highest BCUT2D eigenvalue weighted by atomic mass is 16.5. The number of para-hydroxylation sites is 1. The van der Waals surface area contributed by atoms with Crippen LogP contribution in [0.2, 0.25) is 0 Å². The van der Waals surface area contributed by atoms with E-state index in [0.717, 1.165) is 23.3 Å². The van der Waals surface area contributed by atoms with Gasteiger partial charge < -0.3 is 10.5 Å². The van der Waals surface area contributed by atoms with Crippen LogP contribution in [0.1, 0.15) is 23.1 Å². The zero-order valence-corrected chi connectivity index (χ0v) is 15.2. The van der Waals surface area contributed by atoms with Crippen LogP contribution in [0.5, 0.6) is 5.75 Å². The van der Waals surface area contributed by atoms with Crippen molar-refractivity contribution >= 4 is 5.91 Å². The monoisotopic (exact) mass is 357 g/mol. The molecule has 0 bridgehead atoms. The van der Waals surface area contributed by atoms with Crippen LogP contribution in [0, 0.1) is 5.92 Å². The number of nitrogens with two attached hydrogens (primary N) is 1. The summed E-state index contributed by atoms with van der Waals surface area (Å²) in [5, 5.41) is 0. The molecule has 0 aromatic heterocycles. The Bertz CT molecular complexity index is 923. The minimum Gasteiger partial charge on any atom is -0.481 e. The largest absolute Gasteiger partial charge is 0.481 e. The highest BCUT2D eigenvalue weighted by molar-refractivity contribution is 5.79. The zero-order chi connectivity index (χ0) is 18.7. The molecule has 0 aliphatic carbocycles. The van der Waals surface area contributed by atoms with E-state index in [1.165, 1.54) is 5.56 Å². The van der Waals surface area contributed by atoms with Crippen LogP contribution in [-0.4, -0.2) is 5.91 Å². The number of hydrogen-bond acceptors (Lipinski definition) is 2. The molecule has 4 rings (SSSR count). The lowest BCUT2D eigenvalue weighted by Crippen LogP contribution is -2.51. The Hall–Kier alpha value is -3.07. The van der Waals surface area contributed by atoms with Gasteiger partial charge in [0.1, 0.15) is 11.4 Å². The standard InChI is InChI=1S/C24H23NO2/c25-23(26)21-17-19-11-7-8-14-22(19)27-24(21,20-12-5-2-6-13-20)16-15-18-9-3-1-4-10-18/h1-14,21H,15-17H2,(H2,25,26). The number of hydrogen-bond donors (Lipinski definition) is 1. The van der Waals surface area contributed by atoms with Gasteiger partial charge in [0.15, 0.2) is 0 Å². The van der Waals surface area contributed by atoms with E-state index in [0.29, 0.717) is 12.8 Å². The van der Waals surface area contributed by atoms with Crippen molar-refractivity contribution in [3.8, 4) is 5.75 Å². The van der Waals surface area contributed by atoms with Crippen molar-refractivity contribution < 1.29 is 9.53 Å². The SMILES string of the molecule is NC(=O)C1Cc2ccccc2OC1(CCc1ccccc1)c1ccccc1. The molecule has 1 aliphatic rings. The van der Waals surface area contributed by atoms with Crippen LogP contribution in [0.3, 0.4) is 0 Å². The summed E-state index contributed by atoms with van der Waals surface area (Å²) in [7, 11) is 0. The number of primary amides is 1. The van der Waals surface area contributed by atoms with E-state index in [1.54, 1.807) is 0 Å². The summed E-state index contributed by atoms with van der Waals surface area (Å²) in [5.74, 6) is 0.104. The Balaban J connectivity index is 1.79. The molecular formula is C24H23NO2. The van der Waals surface area contributed by atoms with Crippen molar-refractivity contribution in [1.82, 2.24) is 0 Å². The summed E-state index contributed by atoms with van der Waals surface area (Å²) in [6.07, 6.45) is 2.08. The Labute approximate surface area is 159 Å². The fraction of sp³-hybridized carbons (Fsp3) is 0.208. The maximum absolute atomic E-state index is 12.5. The molecule has 3 heteroatoms. The molecule has 3 aromatic carbocycles. The van der Waals surface area contributed by atoms with E-state index in [-0.39, 0.29) is 5.91 Å². The van der Waals surface area contributed by atoms with Gasteiger partial charge in [-0.1, -0.05) is 78.9 Å². The topological polar surface area (TPSA) is 52.3 Å². The van der Waals surface area contributed by atoms with Crippen LogP contribution < -0.4 is 10.5 Å². The number of benzene rings is 3. The molecule has 0 spiro atoms. The third-order valence-corrected chi connectivity index (χ3v) is 5.49. The number of rotatable bonds is 5. The first-order valence-electron chi connectivity index (χ1n) is 9.35. The molecule has 2 atom stereocenters. The van der Waals surface area contributed by atoms with Gasteiger partial charge in [0, 0.05) is 0 Å². The fourth-order valence-corrected chi connectivity index (χ4v) is 4.08. The van der Waals surface area contributed by atoms with E-state index in [2.05, 4.69) is 12.1 Å². The van der Waals surface area contributed by atoms with E-state index in [1.807, 2.05) is 72.8 Å². The summed E-state index contributed by atoms with van der Waals surface area (Å²) in [5.41, 5.74) is 8.38. The van der Waals surface area contributed by atoms with Gasteiger partial charge in [-0.15, -0.1) is 0 Å². The van der Waals surface area contributed by atoms with Gasteiger partial charge in [-0.3, -0.25) is 4.79 Å². The van der Waals surface area contributed by atoms with Crippen molar-refractivity contribution in [2.75, 3.05) is 0 Å². The molecule has 1 heterocycles. The summed E-state index contributed by atoms with van der Waals surface area (Å²) < 4.78 is 6.60. The smallest absolute Gasteiger partial charge is 0.225 e. The van der Waals surface area contributed by atoms with Crippen molar-refractivity contribution in [2.24, 2.45) is 11.7 Å². The molecule has 0 fully saturated rings. The van der Waals surface area contributed by atoms with Crippen LogP contribution in [0.25, 0.3) is 0 Å². The number of carbonyl (C=O) groups is 1. The van der Waals surface area contributed by atoms with Gasteiger partial charge in [0.2, 0.25) is 5.91 Å². The predicted molar refractivity (Wildman–Crippen MR) is 106 cm³/mol. The van der Waals surface area contributed by atoms with Crippen molar-refractivity contribution in [3.63, 3.8) is 0 Å². The van der Waals surface area contributed by atoms with E-state index >= 15 is 0 Å². The maximum Gasteiger partial charge on any atom is 0.225 e. The second kappa shape index (κ2) is 7.28. The first-order valence-corrected chi connectivity index (χ1v) is 9.35. The molecular weight excluding hydrogens is 334 g/mol. The lowest BCUT2D eigenvalue weighted by atomic mass is 9.72. The molecule has 2 N–H and O–H groups in total. The molecule has 1 aliphatic heterocycles. The summed E-state index contributed by atoms with van der Waals surface area (Å²) in [4.78, 5) is 12.5. The quantitative estimate of drug-likeness (QED) is 0.742. The summed E-state index contributed by atoms with van der Waals surface area (Å²) >= 11 is 0. The van der Waals surface area contributed by atoms with E-state index in [9.17, 15) is 4.79 Å². The lowest BCUT2D eigenvalue weighted by molar-refractivity contribution is -0.132. The first kappa shape index (κ1) is 17.3. The van der Waals surface area contributed by atoms with Crippen LogP contribution in [0.4, 0.5) is 0 Å². The number of amides is 1. The minimum atomic E-state index is -0.767. The third-order valence-electron chi connectivity index (χ3n) is 5.49. The maximum atomic E-state index is 12.5. The number of fused-ring (bicyclic) bond motifs is 1. The Morgan fingerprint density at radius 1 is 0.926 bits per heavy atom. The second-order valence-electron chi connectivity index (χ2n) is 7.11. The van der Waals surface area contributed by atoms with Crippen LogP contribution in [0.15, 0.2) is 84.9 Å².